The summed E-state index contributed by atoms with van der Waals surface area (Å²) in [6, 6.07) is 15.7. The van der Waals surface area contributed by atoms with Gasteiger partial charge < -0.3 is 0 Å². The van der Waals surface area contributed by atoms with Crippen molar-refractivity contribution in [3.63, 3.8) is 0 Å². The molecule has 0 amide bonds. The Morgan fingerprint density at radius 2 is 1.61 bits per heavy atom. The molecule has 5 aromatic heterocycles. The fourth-order valence-corrected chi connectivity index (χ4v) is 3.26. The molecule has 0 unspecified atom stereocenters. The first-order valence-electron chi connectivity index (χ1n) is 8.73. The second-order valence-corrected chi connectivity index (χ2v) is 6.40. The van der Waals surface area contributed by atoms with Gasteiger partial charge in [-0.15, -0.1) is 0 Å². The van der Waals surface area contributed by atoms with Crippen molar-refractivity contribution in [3.05, 3.63) is 73.3 Å². The molecule has 0 bridgehead atoms. The Kier molecular flexibility index (Phi) is 3.01. The summed E-state index contributed by atoms with van der Waals surface area (Å²) in [5.41, 5.74) is 5.83. The zero-order valence-corrected chi connectivity index (χ0v) is 14.5. The lowest BCUT2D eigenvalue weighted by atomic mass is 10.1. The highest BCUT2D eigenvalue weighted by molar-refractivity contribution is 5.83. The minimum absolute atomic E-state index is 0.757. The van der Waals surface area contributed by atoms with Crippen molar-refractivity contribution >= 4 is 22.2 Å². The van der Waals surface area contributed by atoms with Crippen molar-refractivity contribution in [1.82, 2.24) is 39.4 Å². The van der Waals surface area contributed by atoms with Crippen molar-refractivity contribution in [1.29, 1.82) is 0 Å². The van der Waals surface area contributed by atoms with Crippen LogP contribution < -0.4 is 0 Å². The van der Waals surface area contributed by atoms with Gasteiger partial charge in [-0.25, -0.2) is 19.0 Å². The molecule has 0 saturated carbocycles. The highest BCUT2D eigenvalue weighted by atomic mass is 15.3. The fraction of sp³-hybridized carbons (Fsp3) is 0. The minimum Gasteiger partial charge on any atom is -0.236 e. The van der Waals surface area contributed by atoms with E-state index < -0.39 is 0 Å². The van der Waals surface area contributed by atoms with Crippen LogP contribution in [0, 0.1) is 0 Å². The number of aromatic nitrogens is 8. The normalized spacial score (nSPS) is 11.6. The van der Waals surface area contributed by atoms with Crippen molar-refractivity contribution in [2.24, 2.45) is 0 Å². The van der Waals surface area contributed by atoms with E-state index in [-0.39, 0.29) is 0 Å². The van der Waals surface area contributed by atoms with E-state index in [9.17, 15) is 0 Å². The number of hydrogen-bond donors (Lipinski definition) is 0. The second-order valence-electron chi connectivity index (χ2n) is 6.40. The van der Waals surface area contributed by atoms with E-state index in [2.05, 4.69) is 31.4 Å². The van der Waals surface area contributed by atoms with E-state index >= 15 is 0 Å². The monoisotopic (exact) mass is 364 g/mol. The van der Waals surface area contributed by atoms with Gasteiger partial charge in [0.15, 0.2) is 11.3 Å². The number of hydrogen-bond acceptors (Lipinski definition) is 6. The number of rotatable bonds is 2. The predicted molar refractivity (Wildman–Crippen MR) is 104 cm³/mol. The molecule has 8 nitrogen and oxygen atoms in total. The summed E-state index contributed by atoms with van der Waals surface area (Å²) in [7, 11) is 0. The van der Waals surface area contributed by atoms with Gasteiger partial charge in [0.1, 0.15) is 11.4 Å². The van der Waals surface area contributed by atoms with Crippen molar-refractivity contribution in [2.45, 2.75) is 0 Å². The molecule has 8 heteroatoms. The Morgan fingerprint density at radius 3 is 2.61 bits per heavy atom. The third-order valence-electron chi connectivity index (χ3n) is 4.65. The van der Waals surface area contributed by atoms with Gasteiger partial charge in [0, 0.05) is 35.6 Å². The summed E-state index contributed by atoms with van der Waals surface area (Å²) in [4.78, 5) is 8.99. The Labute approximate surface area is 158 Å². The van der Waals surface area contributed by atoms with Crippen LogP contribution in [0.1, 0.15) is 0 Å². The van der Waals surface area contributed by atoms with Crippen LogP contribution in [-0.4, -0.2) is 39.4 Å². The quantitative estimate of drug-likeness (QED) is 0.469. The summed E-state index contributed by atoms with van der Waals surface area (Å²) in [6.07, 6.45) is 7.13. The standard InChI is InChI=1S/C20H12N8/c1-2-16-14(5-7-22-24-16)11-13(1)15-6-9-27-20(23-15)12-18(26-27)17-3-4-19-21-8-10-28(19)25-17/h1-12H. The molecule has 0 aliphatic heterocycles. The SMILES string of the molecule is c1cc2cc(-c3ccn4nc(-c5ccc6nccn6n5)cc4n3)ccc2nn1. The van der Waals surface area contributed by atoms with Gasteiger partial charge in [-0.1, -0.05) is 6.07 Å². The molecular weight excluding hydrogens is 352 g/mol. The van der Waals surface area contributed by atoms with Gasteiger partial charge in [-0.2, -0.15) is 20.4 Å². The molecule has 0 spiro atoms. The van der Waals surface area contributed by atoms with Gasteiger partial charge in [-0.05, 0) is 36.4 Å². The first kappa shape index (κ1) is 14.9. The highest BCUT2D eigenvalue weighted by Crippen LogP contribution is 2.23. The lowest BCUT2D eigenvalue weighted by molar-refractivity contribution is 0.913. The van der Waals surface area contributed by atoms with Crippen LogP contribution >= 0.6 is 0 Å². The maximum absolute atomic E-state index is 4.77. The molecule has 0 atom stereocenters. The van der Waals surface area contributed by atoms with Crippen molar-refractivity contribution < 1.29 is 0 Å². The molecule has 132 valence electrons. The summed E-state index contributed by atoms with van der Waals surface area (Å²) >= 11 is 0. The smallest absolute Gasteiger partial charge is 0.156 e. The highest BCUT2D eigenvalue weighted by Gasteiger charge is 2.10. The first-order chi connectivity index (χ1) is 13.8. The van der Waals surface area contributed by atoms with Crippen LogP contribution in [0.4, 0.5) is 0 Å². The average Bonchev–Trinajstić information content (AvgIpc) is 3.39. The summed E-state index contributed by atoms with van der Waals surface area (Å²) in [5, 5.41) is 18.2. The molecule has 0 saturated heterocycles. The third kappa shape index (κ3) is 2.32. The molecule has 6 aromatic rings. The van der Waals surface area contributed by atoms with Crippen LogP contribution in [0.3, 0.4) is 0 Å². The molecule has 5 heterocycles. The largest absolute Gasteiger partial charge is 0.236 e. The summed E-state index contributed by atoms with van der Waals surface area (Å²) < 4.78 is 3.49. The van der Waals surface area contributed by atoms with Crippen LogP contribution in [0.5, 0.6) is 0 Å². The Hall–Kier alpha value is -4.20. The predicted octanol–water partition coefficient (Wildman–Crippen LogP) is 3.05. The van der Waals surface area contributed by atoms with Crippen LogP contribution in [0.25, 0.3) is 44.8 Å². The Balaban J connectivity index is 1.45. The van der Waals surface area contributed by atoms with Gasteiger partial charge in [-0.3, -0.25) is 0 Å². The number of nitrogens with zero attached hydrogens (tertiary/aromatic N) is 8. The topological polar surface area (TPSA) is 86.2 Å². The van der Waals surface area contributed by atoms with E-state index in [0.29, 0.717) is 0 Å². The van der Waals surface area contributed by atoms with Crippen LogP contribution in [-0.2, 0) is 0 Å². The molecule has 0 N–H and O–H groups in total. The molecule has 0 radical (unpaired) electrons. The third-order valence-corrected chi connectivity index (χ3v) is 4.65. The number of benzene rings is 1. The van der Waals surface area contributed by atoms with Crippen LogP contribution in [0.15, 0.2) is 73.3 Å². The van der Waals surface area contributed by atoms with E-state index in [1.54, 1.807) is 21.4 Å². The molecule has 28 heavy (non-hydrogen) atoms. The van der Waals surface area contributed by atoms with Crippen molar-refractivity contribution in [2.75, 3.05) is 0 Å². The Bertz CT molecular complexity index is 1480. The van der Waals surface area contributed by atoms with Gasteiger partial charge in [0.25, 0.3) is 0 Å². The zero-order chi connectivity index (χ0) is 18.5. The minimum atomic E-state index is 0.757. The Morgan fingerprint density at radius 1 is 0.679 bits per heavy atom. The van der Waals surface area contributed by atoms with Gasteiger partial charge >= 0.3 is 0 Å². The van der Waals surface area contributed by atoms with Gasteiger partial charge in [0.05, 0.1) is 17.4 Å². The number of fused-ring (bicyclic) bond motifs is 3. The van der Waals surface area contributed by atoms with E-state index in [0.717, 1.165) is 44.8 Å². The average molecular weight is 364 g/mol. The van der Waals surface area contributed by atoms with Crippen molar-refractivity contribution in [3.8, 4) is 22.6 Å². The first-order valence-corrected chi connectivity index (χ1v) is 8.73. The molecule has 6 rings (SSSR count). The zero-order valence-electron chi connectivity index (χ0n) is 14.5. The van der Waals surface area contributed by atoms with Gasteiger partial charge in [0.2, 0.25) is 0 Å². The summed E-state index contributed by atoms with van der Waals surface area (Å²) in [5.74, 6) is 0. The summed E-state index contributed by atoms with van der Waals surface area (Å²) in [6.45, 7) is 0. The number of imidazole rings is 1. The maximum atomic E-state index is 4.77. The maximum Gasteiger partial charge on any atom is 0.156 e. The molecule has 0 aliphatic carbocycles. The van der Waals surface area contributed by atoms with E-state index in [4.69, 9.17) is 4.98 Å². The molecular formula is C20H12N8. The molecule has 0 fully saturated rings. The lowest BCUT2D eigenvalue weighted by Gasteiger charge is -2.03. The van der Waals surface area contributed by atoms with Crippen LogP contribution in [0.2, 0.25) is 0 Å². The fourth-order valence-electron chi connectivity index (χ4n) is 3.26. The molecule has 0 aliphatic rings. The van der Waals surface area contributed by atoms with E-state index in [1.165, 1.54) is 0 Å². The lowest BCUT2D eigenvalue weighted by Crippen LogP contribution is -1.94. The van der Waals surface area contributed by atoms with E-state index in [1.807, 2.05) is 54.9 Å². The molecule has 1 aromatic carbocycles. The second kappa shape index (κ2) is 5.65.